The summed E-state index contributed by atoms with van der Waals surface area (Å²) < 4.78 is 59.8. The molecule has 0 bridgehead atoms. The second-order valence-electron chi connectivity index (χ2n) is 5.03. The number of amidine groups is 1. The molecule has 0 unspecified atom stereocenters. The van der Waals surface area contributed by atoms with Crippen molar-refractivity contribution in [2.75, 3.05) is 0 Å². The molecule has 1 aliphatic rings. The van der Waals surface area contributed by atoms with Gasteiger partial charge in [-0.2, -0.15) is 0 Å². The molecule has 2 aromatic carbocycles. The van der Waals surface area contributed by atoms with Crippen LogP contribution in [0.5, 0.6) is 5.75 Å². The molecule has 4 nitrogen and oxygen atoms in total. The summed E-state index contributed by atoms with van der Waals surface area (Å²) in [6, 6.07) is 9.45. The molecule has 0 amide bonds. The van der Waals surface area contributed by atoms with Crippen molar-refractivity contribution in [2.45, 2.75) is 6.36 Å². The summed E-state index contributed by atoms with van der Waals surface area (Å²) in [6.45, 7) is 0. The van der Waals surface area contributed by atoms with Crippen molar-refractivity contribution in [1.29, 1.82) is 5.41 Å². The first-order valence-electron chi connectivity index (χ1n) is 7.02. The van der Waals surface area contributed by atoms with Gasteiger partial charge >= 0.3 is 18.3 Å². The lowest BCUT2D eigenvalue weighted by Gasteiger charge is -2.13. The Balaban J connectivity index is 2.01. The van der Waals surface area contributed by atoms with Gasteiger partial charge in [-0.1, -0.05) is 28.9 Å². The van der Waals surface area contributed by atoms with E-state index in [1.165, 1.54) is 42.8 Å². The van der Waals surface area contributed by atoms with E-state index in [0.29, 0.717) is 0 Å². The van der Waals surface area contributed by atoms with Gasteiger partial charge in [-0.25, -0.2) is 9.38 Å². The Labute approximate surface area is 139 Å². The summed E-state index contributed by atoms with van der Waals surface area (Å²) in [7, 11) is 0. The maximum absolute atomic E-state index is 14.4. The number of hydrogen-bond donors (Lipinski definition) is 1. The molecule has 126 valence electrons. The van der Waals surface area contributed by atoms with Gasteiger partial charge in [-0.05, 0) is 23.8 Å². The lowest BCUT2D eigenvalue weighted by Crippen LogP contribution is -2.17. The smallest absolute Gasteiger partial charge is 0.405 e. The van der Waals surface area contributed by atoms with Gasteiger partial charge in [-0.15, -0.1) is 13.2 Å². The Hall–Kier alpha value is -3.25. The van der Waals surface area contributed by atoms with Crippen molar-refractivity contribution in [3.05, 3.63) is 53.8 Å². The van der Waals surface area contributed by atoms with Gasteiger partial charge in [0.2, 0.25) is 5.84 Å². The normalized spacial score (nSPS) is 13.8. The van der Waals surface area contributed by atoms with Crippen LogP contribution < -0.4 is 9.40 Å². The number of halogens is 4. The third-order valence-electron chi connectivity index (χ3n) is 3.32. The van der Waals surface area contributed by atoms with E-state index in [4.69, 9.17) is 5.41 Å². The topological polar surface area (TPSA) is 59.5 Å². The van der Waals surface area contributed by atoms with Gasteiger partial charge < -0.3 is 4.74 Å². The first-order chi connectivity index (χ1) is 11.8. The summed E-state index contributed by atoms with van der Waals surface area (Å²) >= 11 is 0. The molecule has 0 saturated heterocycles. The molecule has 0 fully saturated rings. The van der Waals surface area contributed by atoms with Crippen LogP contribution in [0.25, 0.3) is 11.1 Å². The standard InChI is InChI=1S/C17H10F4N3O/c18-13-7-10(5-6-12(13)14-8-24-16(22)9-23-14)11-3-1-2-4-15(11)25-17(19,20)21/h1-9,22H/q+1. The number of nitrogens with one attached hydrogen (secondary N) is 1. The van der Waals surface area contributed by atoms with Crippen LogP contribution in [0, 0.1) is 11.2 Å². The predicted molar refractivity (Wildman–Crippen MR) is 87.0 cm³/mol. The van der Waals surface area contributed by atoms with E-state index in [-0.39, 0.29) is 28.2 Å². The van der Waals surface area contributed by atoms with Crippen LogP contribution >= 0.6 is 0 Å². The first-order valence-corrected chi connectivity index (χ1v) is 7.02. The number of para-hydroxylation sites is 1. The Kier molecular flexibility index (Phi) is 4.21. The minimum atomic E-state index is -4.85. The highest BCUT2D eigenvalue weighted by Gasteiger charge is 2.32. The molecule has 25 heavy (non-hydrogen) atoms. The zero-order valence-corrected chi connectivity index (χ0v) is 12.5. The van der Waals surface area contributed by atoms with Crippen LogP contribution in [0.15, 0.2) is 47.5 Å². The molecular weight excluding hydrogens is 338 g/mol. The molecule has 0 aromatic heterocycles. The quantitative estimate of drug-likeness (QED) is 0.671. The summed E-state index contributed by atoms with van der Waals surface area (Å²) in [5.74, 6) is -1.15. The fourth-order valence-electron chi connectivity index (χ4n) is 2.28. The van der Waals surface area contributed by atoms with Gasteiger partial charge in [-0.3, -0.25) is 5.41 Å². The molecule has 1 N–H and O–H groups in total. The zero-order valence-electron chi connectivity index (χ0n) is 12.5. The van der Waals surface area contributed by atoms with Gasteiger partial charge in [0, 0.05) is 5.56 Å². The van der Waals surface area contributed by atoms with Crippen LogP contribution in [0.1, 0.15) is 5.56 Å². The van der Waals surface area contributed by atoms with Crippen LogP contribution in [-0.4, -0.2) is 30.3 Å². The minimum Gasteiger partial charge on any atom is -0.405 e. The molecule has 0 spiro atoms. The number of alkyl halides is 3. The van der Waals surface area contributed by atoms with E-state index in [9.17, 15) is 17.6 Å². The first kappa shape index (κ1) is 16.6. The minimum absolute atomic E-state index is 0.0565. The summed E-state index contributed by atoms with van der Waals surface area (Å²) in [5.41, 5.74) is 0.689. The third kappa shape index (κ3) is 3.81. The number of benzene rings is 2. The Morgan fingerprint density at radius 2 is 1.80 bits per heavy atom. The van der Waals surface area contributed by atoms with Crippen molar-refractivity contribution >= 4 is 24.0 Å². The van der Waals surface area contributed by atoms with E-state index >= 15 is 0 Å². The molecule has 1 aliphatic heterocycles. The fourth-order valence-corrected chi connectivity index (χ4v) is 2.28. The Morgan fingerprint density at radius 1 is 1.04 bits per heavy atom. The van der Waals surface area contributed by atoms with Crippen LogP contribution in [0.3, 0.4) is 0 Å². The van der Waals surface area contributed by atoms with E-state index < -0.39 is 17.9 Å². The molecule has 8 heteroatoms. The van der Waals surface area contributed by atoms with Crippen molar-refractivity contribution in [2.24, 2.45) is 4.99 Å². The number of ether oxygens (including phenoxy) is 1. The summed E-state index contributed by atoms with van der Waals surface area (Å²) in [4.78, 5) is 3.72. The van der Waals surface area contributed by atoms with Crippen molar-refractivity contribution < 1.29 is 22.3 Å². The van der Waals surface area contributed by atoms with E-state index in [1.807, 2.05) is 0 Å². The molecule has 1 heterocycles. The highest BCUT2D eigenvalue weighted by molar-refractivity contribution is 6.46. The average Bonchev–Trinajstić information content (AvgIpc) is 2.55. The van der Waals surface area contributed by atoms with Crippen molar-refractivity contribution in [3.8, 4) is 16.9 Å². The van der Waals surface area contributed by atoms with Crippen LogP contribution in [-0.2, 0) is 0 Å². The van der Waals surface area contributed by atoms with E-state index in [0.717, 1.165) is 12.1 Å². The molecule has 0 atom stereocenters. The zero-order chi connectivity index (χ0) is 18.0. The second-order valence-corrected chi connectivity index (χ2v) is 5.03. The molecule has 2 aromatic rings. The second kappa shape index (κ2) is 6.33. The van der Waals surface area contributed by atoms with Gasteiger partial charge in [0.15, 0.2) is 0 Å². The third-order valence-corrected chi connectivity index (χ3v) is 3.32. The van der Waals surface area contributed by atoms with Crippen molar-refractivity contribution in [1.82, 2.24) is 4.67 Å². The molecule has 0 radical (unpaired) electrons. The van der Waals surface area contributed by atoms with Gasteiger partial charge in [0.25, 0.3) is 0 Å². The Morgan fingerprint density at radius 3 is 2.44 bits per heavy atom. The van der Waals surface area contributed by atoms with E-state index in [2.05, 4.69) is 14.4 Å². The van der Waals surface area contributed by atoms with Gasteiger partial charge in [0.05, 0.1) is 0 Å². The molecule has 0 saturated carbocycles. The molecule has 3 rings (SSSR count). The molecular formula is C17H10F4N3O+. The van der Waals surface area contributed by atoms with Gasteiger partial charge in [0.1, 0.15) is 23.3 Å². The average molecular weight is 348 g/mol. The monoisotopic (exact) mass is 348 g/mol. The molecule has 0 aliphatic carbocycles. The maximum atomic E-state index is 14.4. The van der Waals surface area contributed by atoms with Crippen molar-refractivity contribution in [3.63, 3.8) is 0 Å². The number of aliphatic imine (C=N–C) groups is 1. The Bertz CT molecular complexity index is 941. The lowest BCUT2D eigenvalue weighted by atomic mass is 10.0. The van der Waals surface area contributed by atoms with Crippen LogP contribution in [0.4, 0.5) is 17.6 Å². The SMILES string of the molecule is N=C1C=[N+]=C(c2ccc(-c3ccccc3OC(F)(F)F)cc2F)C=N1. The van der Waals surface area contributed by atoms with E-state index in [1.54, 1.807) is 0 Å². The number of hydrogen-bond acceptors (Lipinski definition) is 2. The maximum Gasteiger partial charge on any atom is 0.573 e. The van der Waals surface area contributed by atoms with Crippen LogP contribution in [0.2, 0.25) is 0 Å². The lowest BCUT2D eigenvalue weighted by molar-refractivity contribution is -0.274. The number of nitrogens with zero attached hydrogens (tertiary/aromatic N) is 2. The predicted octanol–water partition coefficient (Wildman–Crippen LogP) is 3.38. The summed E-state index contributed by atoms with van der Waals surface area (Å²) in [6.07, 6.45) is -2.42. The number of rotatable bonds is 3. The highest BCUT2D eigenvalue weighted by atomic mass is 19.4. The highest BCUT2D eigenvalue weighted by Crippen LogP contribution is 2.34. The summed E-state index contributed by atoms with van der Waals surface area (Å²) in [5, 5.41) is 7.28. The fraction of sp³-hybridized carbons (Fsp3) is 0.0588. The largest absolute Gasteiger partial charge is 0.573 e.